The zero-order valence-corrected chi connectivity index (χ0v) is 21.9. The Bertz CT molecular complexity index is 697. The molecule has 0 amide bonds. The second kappa shape index (κ2) is 12.8. The molecule has 8 heteroatoms. The number of benzene rings is 1. The van der Waals surface area contributed by atoms with Crippen molar-refractivity contribution in [2.45, 2.75) is 52.2 Å². The Hall–Kier alpha value is -1.13. The highest BCUT2D eigenvalue weighted by atomic mass is 127. The summed E-state index contributed by atoms with van der Waals surface area (Å²) in [4.78, 5) is 11.4. The van der Waals surface area contributed by atoms with E-state index < -0.39 is 0 Å². The third-order valence-corrected chi connectivity index (χ3v) is 6.46. The van der Waals surface area contributed by atoms with Gasteiger partial charge in [-0.1, -0.05) is 13.0 Å². The summed E-state index contributed by atoms with van der Waals surface area (Å²) in [5.41, 5.74) is 1.65. The molecule has 2 fully saturated rings. The van der Waals surface area contributed by atoms with Crippen LogP contribution in [0.2, 0.25) is 0 Å². The van der Waals surface area contributed by atoms with E-state index in [-0.39, 0.29) is 29.8 Å². The third kappa shape index (κ3) is 7.46. The maximum Gasteiger partial charge on any atom is 0.191 e. The second-order valence-corrected chi connectivity index (χ2v) is 8.68. The average Bonchev–Trinajstić information content (AvgIpc) is 2.77. The third-order valence-electron chi connectivity index (χ3n) is 6.46. The summed E-state index contributed by atoms with van der Waals surface area (Å²) < 4.78 is 14.8. The fourth-order valence-electron chi connectivity index (χ4n) is 4.36. The maximum atomic E-state index is 14.8. The number of aliphatic imine (C=N–C) groups is 1. The van der Waals surface area contributed by atoms with Crippen LogP contribution < -0.4 is 15.5 Å². The number of anilines is 1. The summed E-state index contributed by atoms with van der Waals surface area (Å²) in [6, 6.07) is 6.64. The van der Waals surface area contributed by atoms with Crippen LogP contribution in [0.15, 0.2) is 23.2 Å². The molecule has 2 aliphatic heterocycles. The van der Waals surface area contributed by atoms with Crippen LogP contribution in [0, 0.1) is 5.82 Å². The summed E-state index contributed by atoms with van der Waals surface area (Å²) in [6.07, 6.45) is 2.24. The number of hydrogen-bond donors (Lipinski definition) is 2. The summed E-state index contributed by atoms with van der Waals surface area (Å²) in [7, 11) is 1.79. The van der Waals surface area contributed by atoms with Gasteiger partial charge in [0.15, 0.2) is 5.96 Å². The van der Waals surface area contributed by atoms with Crippen LogP contribution in [0.25, 0.3) is 0 Å². The molecule has 6 nitrogen and oxygen atoms in total. The molecule has 31 heavy (non-hydrogen) atoms. The van der Waals surface area contributed by atoms with Gasteiger partial charge in [-0.05, 0) is 50.9 Å². The Morgan fingerprint density at radius 2 is 1.81 bits per heavy atom. The van der Waals surface area contributed by atoms with Gasteiger partial charge in [0.25, 0.3) is 0 Å². The summed E-state index contributed by atoms with van der Waals surface area (Å²) in [5.74, 6) is 0.654. The predicted molar refractivity (Wildman–Crippen MR) is 139 cm³/mol. The predicted octanol–water partition coefficient (Wildman–Crippen LogP) is 3.12. The Morgan fingerprint density at radius 3 is 2.35 bits per heavy atom. The van der Waals surface area contributed by atoms with Crippen molar-refractivity contribution < 1.29 is 4.39 Å². The van der Waals surface area contributed by atoms with Crippen molar-refractivity contribution in [2.75, 3.05) is 57.8 Å². The van der Waals surface area contributed by atoms with Crippen molar-refractivity contribution in [3.05, 3.63) is 29.6 Å². The molecule has 1 aromatic carbocycles. The lowest BCUT2D eigenvalue weighted by Crippen LogP contribution is -2.49. The molecule has 3 rings (SSSR count). The van der Waals surface area contributed by atoms with E-state index in [4.69, 9.17) is 0 Å². The van der Waals surface area contributed by atoms with E-state index in [1.165, 1.54) is 0 Å². The number of hydrogen-bond acceptors (Lipinski definition) is 4. The molecule has 0 saturated carbocycles. The van der Waals surface area contributed by atoms with Crippen LogP contribution in [0.3, 0.4) is 0 Å². The van der Waals surface area contributed by atoms with E-state index in [2.05, 4.69) is 51.1 Å². The number of nitrogens with one attached hydrogen (secondary N) is 2. The molecule has 0 aromatic heterocycles. The molecule has 2 saturated heterocycles. The topological polar surface area (TPSA) is 46.1 Å². The lowest BCUT2D eigenvalue weighted by molar-refractivity contribution is 0.167. The van der Waals surface area contributed by atoms with Gasteiger partial charge in [0.2, 0.25) is 0 Å². The minimum atomic E-state index is -0.136. The first kappa shape index (κ1) is 26.1. The minimum Gasteiger partial charge on any atom is -0.367 e. The van der Waals surface area contributed by atoms with E-state index in [9.17, 15) is 4.39 Å². The van der Waals surface area contributed by atoms with Gasteiger partial charge in [0, 0.05) is 64.9 Å². The molecule has 0 aliphatic carbocycles. The smallest absolute Gasteiger partial charge is 0.191 e. The molecule has 0 bridgehead atoms. The standard InChI is InChI=1S/C23H39FN6.HI/c1-5-28-12-14-30(15-13-28)22-7-6-19(16-21(22)24)17-26-23(25-4)27-20-8-10-29(11-9-20)18(2)3;/h6-7,16,18,20H,5,8-15,17H2,1-4H3,(H2,25,26,27);1H. The van der Waals surface area contributed by atoms with Crippen LogP contribution in [0.4, 0.5) is 10.1 Å². The number of piperidine rings is 1. The van der Waals surface area contributed by atoms with Gasteiger partial charge in [-0.3, -0.25) is 4.99 Å². The molecule has 0 atom stereocenters. The normalized spacial score (nSPS) is 19.4. The molecule has 2 aliphatic rings. The molecule has 0 unspecified atom stereocenters. The molecule has 2 N–H and O–H groups in total. The van der Waals surface area contributed by atoms with Gasteiger partial charge in [-0.25, -0.2) is 4.39 Å². The molecule has 176 valence electrons. The first-order chi connectivity index (χ1) is 14.5. The van der Waals surface area contributed by atoms with Crippen LogP contribution in [0.1, 0.15) is 39.2 Å². The van der Waals surface area contributed by atoms with Gasteiger partial charge in [-0.15, -0.1) is 24.0 Å². The van der Waals surface area contributed by atoms with Crippen LogP contribution >= 0.6 is 24.0 Å². The Balaban J connectivity index is 0.00000341. The first-order valence-corrected chi connectivity index (χ1v) is 11.5. The summed E-state index contributed by atoms with van der Waals surface area (Å²) in [5, 5.41) is 6.87. The van der Waals surface area contributed by atoms with Crippen LogP contribution in [-0.4, -0.2) is 80.7 Å². The largest absolute Gasteiger partial charge is 0.367 e. The van der Waals surface area contributed by atoms with E-state index in [0.29, 0.717) is 24.3 Å². The van der Waals surface area contributed by atoms with Crippen molar-refractivity contribution in [1.82, 2.24) is 20.4 Å². The summed E-state index contributed by atoms with van der Waals surface area (Å²) in [6.45, 7) is 14.3. The van der Waals surface area contributed by atoms with E-state index >= 15 is 0 Å². The number of guanidine groups is 1. The fraction of sp³-hybridized carbons (Fsp3) is 0.696. The van der Waals surface area contributed by atoms with Gasteiger partial charge in [0.1, 0.15) is 5.82 Å². The highest BCUT2D eigenvalue weighted by Crippen LogP contribution is 2.22. The van der Waals surface area contributed by atoms with Crippen molar-refractivity contribution >= 4 is 35.6 Å². The highest BCUT2D eigenvalue weighted by molar-refractivity contribution is 14.0. The second-order valence-electron chi connectivity index (χ2n) is 8.68. The Morgan fingerprint density at radius 1 is 1.13 bits per heavy atom. The van der Waals surface area contributed by atoms with Crippen LogP contribution in [-0.2, 0) is 6.54 Å². The SMILES string of the molecule is CCN1CCN(c2ccc(CNC(=NC)NC3CCN(C(C)C)CC3)cc2F)CC1.I. The van der Waals surface area contributed by atoms with Crippen LogP contribution in [0.5, 0.6) is 0 Å². The lowest BCUT2D eigenvalue weighted by Gasteiger charge is -2.35. The lowest BCUT2D eigenvalue weighted by atomic mass is 10.0. The molecule has 0 radical (unpaired) electrons. The molecule has 0 spiro atoms. The number of rotatable bonds is 6. The Kier molecular flexibility index (Phi) is 10.8. The summed E-state index contributed by atoms with van der Waals surface area (Å²) >= 11 is 0. The number of halogens is 2. The van der Waals surface area contributed by atoms with Crippen molar-refractivity contribution in [3.8, 4) is 0 Å². The molecule has 2 heterocycles. The zero-order valence-electron chi connectivity index (χ0n) is 19.5. The van der Waals surface area contributed by atoms with Gasteiger partial charge < -0.3 is 25.3 Å². The van der Waals surface area contributed by atoms with Gasteiger partial charge >= 0.3 is 0 Å². The maximum absolute atomic E-state index is 14.8. The Labute approximate surface area is 204 Å². The number of likely N-dealkylation sites (N-methyl/N-ethyl adjacent to an activating group) is 1. The molecule has 1 aromatic rings. The zero-order chi connectivity index (χ0) is 21.5. The van der Waals surface area contributed by atoms with Crippen molar-refractivity contribution in [3.63, 3.8) is 0 Å². The monoisotopic (exact) mass is 546 g/mol. The van der Waals surface area contributed by atoms with E-state index in [1.807, 2.05) is 12.1 Å². The average molecular weight is 547 g/mol. The minimum absolute atomic E-state index is 0. The quantitative estimate of drug-likeness (QED) is 0.326. The van der Waals surface area contributed by atoms with Crippen molar-refractivity contribution in [2.24, 2.45) is 4.99 Å². The van der Waals surface area contributed by atoms with E-state index in [1.54, 1.807) is 13.1 Å². The van der Waals surface area contributed by atoms with Crippen molar-refractivity contribution in [1.29, 1.82) is 0 Å². The van der Waals surface area contributed by atoms with Gasteiger partial charge in [-0.2, -0.15) is 0 Å². The number of piperazine rings is 1. The highest BCUT2D eigenvalue weighted by Gasteiger charge is 2.22. The first-order valence-electron chi connectivity index (χ1n) is 11.5. The number of likely N-dealkylation sites (tertiary alicyclic amines) is 1. The number of nitrogens with zero attached hydrogens (tertiary/aromatic N) is 4. The molecular weight excluding hydrogens is 506 g/mol. The van der Waals surface area contributed by atoms with E-state index in [0.717, 1.165) is 70.2 Å². The van der Waals surface area contributed by atoms with Gasteiger partial charge in [0.05, 0.1) is 5.69 Å². The fourth-order valence-corrected chi connectivity index (χ4v) is 4.36. The molecular formula is C23H40FIN6.